The highest BCUT2D eigenvalue weighted by Crippen LogP contribution is 2.43. The number of anilines is 1. The molecule has 0 bridgehead atoms. The van der Waals surface area contributed by atoms with Crippen LogP contribution in [-0.2, 0) is 4.74 Å². The van der Waals surface area contributed by atoms with Gasteiger partial charge in [0.1, 0.15) is 11.4 Å². The molecule has 0 fully saturated rings. The van der Waals surface area contributed by atoms with Crippen molar-refractivity contribution in [1.82, 2.24) is 0 Å². The van der Waals surface area contributed by atoms with Crippen LogP contribution in [0.5, 0.6) is 11.5 Å². The van der Waals surface area contributed by atoms with Crippen molar-refractivity contribution >= 4 is 28.5 Å². The summed E-state index contributed by atoms with van der Waals surface area (Å²) in [6, 6.07) is 14.3. The lowest BCUT2D eigenvalue weighted by atomic mass is 9.97. The van der Waals surface area contributed by atoms with Crippen LogP contribution in [0.25, 0.3) is 11.0 Å². The van der Waals surface area contributed by atoms with Crippen molar-refractivity contribution in [2.24, 2.45) is 0 Å². The number of carbonyl (C=O) groups is 2. The molecule has 43 heavy (non-hydrogen) atoms. The van der Waals surface area contributed by atoms with Crippen molar-refractivity contribution in [2.75, 3.05) is 25.2 Å². The van der Waals surface area contributed by atoms with Gasteiger partial charge in [-0.1, -0.05) is 39.2 Å². The molecule has 0 radical (unpaired) electrons. The number of fused-ring (bicyclic) bond motifs is 2. The van der Waals surface area contributed by atoms with Gasteiger partial charge >= 0.3 is 5.97 Å². The van der Waals surface area contributed by atoms with E-state index in [0.717, 1.165) is 38.2 Å². The number of amides is 1. The van der Waals surface area contributed by atoms with Gasteiger partial charge < -0.3 is 18.6 Å². The first-order valence-electron chi connectivity index (χ1n) is 14.6. The maximum Gasteiger partial charge on any atom is 0.338 e. The third kappa shape index (κ3) is 5.98. The largest absolute Gasteiger partial charge is 0.493 e. The van der Waals surface area contributed by atoms with Crippen LogP contribution in [0.3, 0.4) is 0 Å². The van der Waals surface area contributed by atoms with E-state index in [1.165, 1.54) is 24.1 Å². The molecule has 2 heterocycles. The van der Waals surface area contributed by atoms with E-state index in [2.05, 4.69) is 6.92 Å². The average molecular weight is 588 g/mol. The molecule has 3 aromatic carbocycles. The Kier molecular flexibility index (Phi) is 9.09. The minimum Gasteiger partial charge on any atom is -0.493 e. The first kappa shape index (κ1) is 29.8. The minimum absolute atomic E-state index is 0.0337. The van der Waals surface area contributed by atoms with Gasteiger partial charge in [-0.2, -0.15) is 0 Å². The molecule has 1 aliphatic heterocycles. The minimum atomic E-state index is -0.920. The Balaban J connectivity index is 1.59. The van der Waals surface area contributed by atoms with Gasteiger partial charge in [0, 0.05) is 5.69 Å². The molecule has 1 unspecified atom stereocenters. The van der Waals surface area contributed by atoms with Crippen molar-refractivity contribution in [3.05, 3.63) is 99.2 Å². The van der Waals surface area contributed by atoms with Crippen LogP contribution in [0.4, 0.5) is 10.1 Å². The molecule has 1 aliphatic rings. The van der Waals surface area contributed by atoms with Crippen LogP contribution < -0.4 is 19.8 Å². The van der Waals surface area contributed by atoms with Crippen molar-refractivity contribution < 1.29 is 32.6 Å². The lowest BCUT2D eigenvalue weighted by molar-refractivity contribution is 0.0499. The van der Waals surface area contributed by atoms with Gasteiger partial charge in [-0.3, -0.25) is 14.5 Å². The molecule has 1 atom stereocenters. The SMILES string of the molecule is CCCCCOc1ccc(C2c3c(oc4ccc(F)cc4c3=O)C(=O)N2c2ccc(C(=O)OCCCC)cc2)cc1OC. The zero-order valence-electron chi connectivity index (χ0n) is 24.5. The summed E-state index contributed by atoms with van der Waals surface area (Å²) in [5.74, 6) is -0.744. The molecule has 0 aliphatic carbocycles. The summed E-state index contributed by atoms with van der Waals surface area (Å²) >= 11 is 0. The standard InChI is InChI=1S/C34H34FNO7/c1-4-6-8-18-41-27-15-11-22(19-28(27)40-3)30-29-31(37)25-20-23(35)12-16-26(25)43-32(29)33(38)36(30)24-13-9-21(10-14-24)34(39)42-17-7-5-2/h9-16,19-20,30H,4-8,17-18H2,1-3H3. The summed E-state index contributed by atoms with van der Waals surface area (Å²) < 4.78 is 37.0. The molecule has 224 valence electrons. The quantitative estimate of drug-likeness (QED) is 0.128. The number of hydrogen-bond acceptors (Lipinski definition) is 7. The summed E-state index contributed by atoms with van der Waals surface area (Å²) in [6.45, 7) is 4.96. The maximum atomic E-state index is 14.2. The molecule has 4 aromatic rings. The lowest BCUT2D eigenvalue weighted by Gasteiger charge is -2.26. The number of hydrogen-bond donors (Lipinski definition) is 0. The third-order valence-electron chi connectivity index (χ3n) is 7.45. The highest BCUT2D eigenvalue weighted by molar-refractivity contribution is 6.10. The molecule has 1 amide bonds. The monoisotopic (exact) mass is 587 g/mol. The van der Waals surface area contributed by atoms with Crippen LogP contribution in [0, 0.1) is 5.82 Å². The highest BCUT2D eigenvalue weighted by Gasteiger charge is 2.44. The Hall–Kier alpha value is -4.66. The number of carbonyl (C=O) groups excluding carboxylic acids is 2. The number of unbranched alkanes of at least 4 members (excludes halogenated alkanes) is 3. The number of ether oxygens (including phenoxy) is 3. The Bertz CT molecular complexity index is 1700. The van der Waals surface area contributed by atoms with E-state index >= 15 is 0 Å². The predicted octanol–water partition coefficient (Wildman–Crippen LogP) is 7.22. The average Bonchev–Trinajstić information content (AvgIpc) is 3.32. The summed E-state index contributed by atoms with van der Waals surface area (Å²) in [4.78, 5) is 41.7. The molecule has 0 N–H and O–H groups in total. The third-order valence-corrected chi connectivity index (χ3v) is 7.45. The zero-order valence-corrected chi connectivity index (χ0v) is 24.5. The Labute approximate surface area is 249 Å². The molecule has 5 rings (SSSR count). The van der Waals surface area contributed by atoms with Crippen LogP contribution in [0.1, 0.15) is 84.0 Å². The van der Waals surface area contributed by atoms with E-state index in [0.29, 0.717) is 41.5 Å². The summed E-state index contributed by atoms with van der Waals surface area (Å²) in [7, 11) is 1.52. The van der Waals surface area contributed by atoms with E-state index in [9.17, 15) is 18.8 Å². The van der Waals surface area contributed by atoms with Gasteiger partial charge in [-0.15, -0.1) is 0 Å². The fourth-order valence-corrected chi connectivity index (χ4v) is 5.19. The van der Waals surface area contributed by atoms with Gasteiger partial charge in [0.25, 0.3) is 5.91 Å². The van der Waals surface area contributed by atoms with Crippen LogP contribution >= 0.6 is 0 Å². The summed E-state index contributed by atoms with van der Waals surface area (Å²) in [5.41, 5.74) is 1.02. The number of nitrogens with zero attached hydrogens (tertiary/aromatic N) is 1. The first-order valence-corrected chi connectivity index (χ1v) is 14.6. The van der Waals surface area contributed by atoms with Gasteiger partial charge in [0.05, 0.1) is 42.9 Å². The second-order valence-electron chi connectivity index (χ2n) is 10.4. The summed E-state index contributed by atoms with van der Waals surface area (Å²) in [6.07, 6.45) is 4.66. The van der Waals surface area contributed by atoms with E-state index in [1.807, 2.05) is 6.92 Å². The Morgan fingerprint density at radius 3 is 2.40 bits per heavy atom. The number of rotatable bonds is 12. The van der Waals surface area contributed by atoms with Gasteiger partial charge in [0.2, 0.25) is 5.76 Å². The number of benzene rings is 3. The Morgan fingerprint density at radius 2 is 1.67 bits per heavy atom. The van der Waals surface area contributed by atoms with Crippen LogP contribution in [0.15, 0.2) is 69.9 Å². The fourth-order valence-electron chi connectivity index (χ4n) is 5.19. The Morgan fingerprint density at radius 1 is 0.907 bits per heavy atom. The number of esters is 1. The van der Waals surface area contributed by atoms with E-state index < -0.39 is 29.2 Å². The van der Waals surface area contributed by atoms with Crippen molar-refractivity contribution in [3.8, 4) is 11.5 Å². The molecule has 8 nitrogen and oxygen atoms in total. The molecular formula is C34H34FNO7. The van der Waals surface area contributed by atoms with Gasteiger partial charge in [-0.05, 0) is 73.0 Å². The van der Waals surface area contributed by atoms with Crippen LogP contribution in [-0.4, -0.2) is 32.2 Å². The molecular weight excluding hydrogens is 553 g/mol. The molecule has 9 heteroatoms. The summed E-state index contributed by atoms with van der Waals surface area (Å²) in [5, 5.41) is 0.0337. The number of methoxy groups -OCH3 is 1. The van der Waals surface area contributed by atoms with E-state index in [-0.39, 0.29) is 22.3 Å². The van der Waals surface area contributed by atoms with Gasteiger partial charge in [0.15, 0.2) is 16.9 Å². The van der Waals surface area contributed by atoms with E-state index in [1.54, 1.807) is 42.5 Å². The topological polar surface area (TPSA) is 95.3 Å². The second kappa shape index (κ2) is 13.1. The lowest BCUT2D eigenvalue weighted by Crippen LogP contribution is -2.29. The second-order valence-corrected chi connectivity index (χ2v) is 10.4. The van der Waals surface area contributed by atoms with Crippen molar-refractivity contribution in [3.63, 3.8) is 0 Å². The smallest absolute Gasteiger partial charge is 0.338 e. The molecule has 0 spiro atoms. The predicted molar refractivity (Wildman–Crippen MR) is 161 cm³/mol. The first-order chi connectivity index (χ1) is 20.9. The fraction of sp³-hybridized carbons (Fsp3) is 0.324. The van der Waals surface area contributed by atoms with E-state index in [4.69, 9.17) is 18.6 Å². The normalized spacial score (nSPS) is 14.2. The highest BCUT2D eigenvalue weighted by atomic mass is 19.1. The molecule has 1 aromatic heterocycles. The molecule has 0 saturated heterocycles. The van der Waals surface area contributed by atoms with Crippen LogP contribution in [0.2, 0.25) is 0 Å². The maximum absolute atomic E-state index is 14.2. The van der Waals surface area contributed by atoms with Crippen molar-refractivity contribution in [1.29, 1.82) is 0 Å². The zero-order chi connectivity index (χ0) is 30.5. The van der Waals surface area contributed by atoms with Crippen molar-refractivity contribution in [2.45, 2.75) is 52.0 Å². The van der Waals surface area contributed by atoms with Gasteiger partial charge in [-0.25, -0.2) is 9.18 Å². The number of halogens is 1. The molecule has 0 saturated carbocycles.